The summed E-state index contributed by atoms with van der Waals surface area (Å²) in [6, 6.07) is 28.6. The van der Waals surface area contributed by atoms with Crippen molar-refractivity contribution in [1.29, 1.82) is 0 Å². The molecular formula is C28H36O2SSi2. The van der Waals surface area contributed by atoms with E-state index in [1.54, 1.807) is 11.8 Å². The van der Waals surface area contributed by atoms with Gasteiger partial charge >= 0.3 is 0 Å². The van der Waals surface area contributed by atoms with Crippen LogP contribution in [0.4, 0.5) is 0 Å². The van der Waals surface area contributed by atoms with Crippen molar-refractivity contribution in [1.82, 2.24) is 0 Å². The number of rotatable bonds is 10. The lowest BCUT2D eigenvalue weighted by Crippen LogP contribution is -2.61. The summed E-state index contributed by atoms with van der Waals surface area (Å²) in [4.78, 5) is 16.4. The van der Waals surface area contributed by atoms with Gasteiger partial charge in [-0.15, -0.1) is 0 Å². The first kappa shape index (κ1) is 25.7. The zero-order valence-electron chi connectivity index (χ0n) is 20.7. The van der Waals surface area contributed by atoms with Crippen molar-refractivity contribution in [2.75, 3.05) is 0 Å². The van der Waals surface area contributed by atoms with Gasteiger partial charge in [0.1, 0.15) is 5.60 Å². The normalized spacial score (nSPS) is 14.0. The molecule has 0 aromatic heterocycles. The van der Waals surface area contributed by atoms with Gasteiger partial charge in [-0.05, 0) is 49.3 Å². The molecule has 0 N–H and O–H groups in total. The highest BCUT2D eigenvalue weighted by molar-refractivity contribution is 7.99. The topological polar surface area (TPSA) is 26.3 Å². The molecule has 33 heavy (non-hydrogen) atoms. The van der Waals surface area contributed by atoms with Crippen LogP contribution in [0, 0.1) is 0 Å². The maximum absolute atomic E-state index is 14.1. The predicted octanol–water partition coefficient (Wildman–Crippen LogP) is 8.05. The fraction of sp³-hybridized carbons (Fsp3) is 0.321. The summed E-state index contributed by atoms with van der Waals surface area (Å²) in [5.74, 6) is 0.101. The number of carbonyl (C=O) groups is 1. The van der Waals surface area contributed by atoms with Crippen LogP contribution in [0.2, 0.25) is 32.7 Å². The van der Waals surface area contributed by atoms with E-state index in [9.17, 15) is 4.79 Å². The lowest BCUT2D eigenvalue weighted by Gasteiger charge is -2.44. The molecule has 0 aliphatic carbocycles. The van der Waals surface area contributed by atoms with Crippen molar-refractivity contribution in [2.24, 2.45) is 0 Å². The highest BCUT2D eigenvalue weighted by atomic mass is 32.2. The predicted molar refractivity (Wildman–Crippen MR) is 146 cm³/mol. The van der Waals surface area contributed by atoms with E-state index >= 15 is 0 Å². The van der Waals surface area contributed by atoms with E-state index in [0.717, 1.165) is 16.0 Å². The molecule has 174 valence electrons. The number of benzene rings is 3. The van der Waals surface area contributed by atoms with Crippen LogP contribution < -0.4 is 0 Å². The largest absolute Gasteiger partial charge is 0.407 e. The lowest BCUT2D eigenvalue weighted by molar-refractivity contribution is 0.0406. The number of ketones is 1. The third kappa shape index (κ3) is 6.35. The minimum absolute atomic E-state index is 0.101. The third-order valence-electron chi connectivity index (χ3n) is 6.67. The Labute approximate surface area is 205 Å². The van der Waals surface area contributed by atoms with E-state index in [0.29, 0.717) is 12.8 Å². The molecule has 3 aromatic rings. The number of hydrogen-bond acceptors (Lipinski definition) is 3. The molecule has 0 bridgehead atoms. The monoisotopic (exact) mass is 492 g/mol. The summed E-state index contributed by atoms with van der Waals surface area (Å²) in [6.45, 7) is 13.8. The van der Waals surface area contributed by atoms with Crippen molar-refractivity contribution >= 4 is 33.0 Å². The molecule has 1 unspecified atom stereocenters. The Hall–Kier alpha value is -1.93. The molecule has 5 heteroatoms. The van der Waals surface area contributed by atoms with Crippen molar-refractivity contribution in [3.8, 4) is 0 Å². The second-order valence-electron chi connectivity index (χ2n) is 10.1. The summed E-state index contributed by atoms with van der Waals surface area (Å²) in [5.41, 5.74) is 1.03. The molecule has 0 radical (unpaired) electrons. The first-order chi connectivity index (χ1) is 15.6. The fourth-order valence-electron chi connectivity index (χ4n) is 3.65. The van der Waals surface area contributed by atoms with E-state index in [1.807, 2.05) is 48.5 Å². The molecule has 3 aromatic carbocycles. The number of carbonyl (C=O) groups excluding carboxylic acids is 1. The van der Waals surface area contributed by atoms with Crippen LogP contribution in [0.25, 0.3) is 0 Å². The highest BCUT2D eigenvalue weighted by Crippen LogP contribution is 2.35. The highest BCUT2D eigenvalue weighted by Gasteiger charge is 2.48. The Balaban J connectivity index is 1.94. The Morgan fingerprint density at radius 2 is 1.30 bits per heavy atom. The zero-order chi connectivity index (χ0) is 24.1. The van der Waals surface area contributed by atoms with Gasteiger partial charge in [0.05, 0.1) is 7.59 Å². The van der Waals surface area contributed by atoms with E-state index in [4.69, 9.17) is 4.43 Å². The first-order valence-corrected chi connectivity index (χ1v) is 19.9. The second kappa shape index (κ2) is 10.6. The van der Waals surface area contributed by atoms with Gasteiger partial charge in [0.15, 0.2) is 13.6 Å². The van der Waals surface area contributed by atoms with Crippen LogP contribution in [-0.4, -0.2) is 26.8 Å². The summed E-state index contributed by atoms with van der Waals surface area (Å²) >= 11 is 1.71. The molecule has 0 saturated heterocycles. The van der Waals surface area contributed by atoms with Crippen molar-refractivity contribution in [3.05, 3.63) is 96.1 Å². The van der Waals surface area contributed by atoms with Gasteiger partial charge in [-0.1, -0.05) is 99.0 Å². The minimum Gasteiger partial charge on any atom is -0.407 e. The second-order valence-corrected chi connectivity index (χ2v) is 27.1. The first-order valence-electron chi connectivity index (χ1n) is 11.7. The number of hydrogen-bond donors (Lipinski definition) is 0. The van der Waals surface area contributed by atoms with E-state index < -0.39 is 21.0 Å². The smallest absolute Gasteiger partial charge is 0.193 e. The van der Waals surface area contributed by atoms with Crippen LogP contribution in [0.15, 0.2) is 94.7 Å². The average molecular weight is 493 g/mol. The molecule has 0 spiro atoms. The Morgan fingerprint density at radius 3 is 1.82 bits per heavy atom. The van der Waals surface area contributed by atoms with Crippen molar-refractivity contribution in [2.45, 2.75) is 67.9 Å². The lowest BCUT2D eigenvalue weighted by atomic mass is 9.84. The molecule has 1 atom stereocenters. The minimum atomic E-state index is -2.06. The average Bonchev–Trinajstić information content (AvgIpc) is 2.79. The van der Waals surface area contributed by atoms with Gasteiger partial charge in [0, 0.05) is 21.8 Å². The van der Waals surface area contributed by atoms with Gasteiger partial charge in [0.2, 0.25) is 0 Å². The van der Waals surface area contributed by atoms with Crippen molar-refractivity contribution in [3.63, 3.8) is 0 Å². The Kier molecular flexibility index (Phi) is 8.22. The summed E-state index contributed by atoms with van der Waals surface area (Å²) in [5, 5.41) is 0. The Bertz CT molecular complexity index is 1040. The maximum atomic E-state index is 14.1. The zero-order valence-corrected chi connectivity index (χ0v) is 23.5. The van der Waals surface area contributed by atoms with Crippen LogP contribution in [-0.2, 0) is 10.8 Å². The summed E-state index contributed by atoms with van der Waals surface area (Å²) in [6.07, 6.45) is 1.26. The van der Waals surface area contributed by atoms with E-state index in [-0.39, 0.29) is 5.78 Å². The van der Waals surface area contributed by atoms with Gasteiger partial charge < -0.3 is 4.43 Å². The van der Waals surface area contributed by atoms with Gasteiger partial charge in [-0.25, -0.2) is 0 Å². The SMILES string of the molecule is CCC(Cc1ccccc1)(O[Si](C)(C)[Si](C)(C)C)C(=O)c1ccc(Sc2ccccc2)cc1. The molecule has 0 aliphatic rings. The van der Waals surface area contributed by atoms with Gasteiger partial charge in [0.25, 0.3) is 0 Å². The quantitative estimate of drug-likeness (QED) is 0.211. The van der Waals surface area contributed by atoms with Crippen LogP contribution in [0.1, 0.15) is 29.3 Å². The fourth-order valence-corrected chi connectivity index (χ4v) is 7.58. The molecular weight excluding hydrogens is 457 g/mol. The molecule has 0 saturated carbocycles. The van der Waals surface area contributed by atoms with E-state index in [2.05, 4.69) is 76.1 Å². The maximum Gasteiger partial charge on any atom is 0.193 e. The molecule has 2 nitrogen and oxygen atoms in total. The van der Waals surface area contributed by atoms with Crippen LogP contribution >= 0.6 is 11.8 Å². The third-order valence-corrected chi connectivity index (χ3v) is 23.3. The summed E-state index contributed by atoms with van der Waals surface area (Å²) < 4.78 is 7.03. The molecule has 0 aliphatic heterocycles. The summed E-state index contributed by atoms with van der Waals surface area (Å²) in [7, 11) is -3.62. The van der Waals surface area contributed by atoms with Crippen LogP contribution in [0.5, 0.6) is 0 Å². The molecule has 0 fully saturated rings. The van der Waals surface area contributed by atoms with Crippen LogP contribution in [0.3, 0.4) is 0 Å². The van der Waals surface area contributed by atoms with Crippen molar-refractivity contribution < 1.29 is 9.22 Å². The van der Waals surface area contributed by atoms with Gasteiger partial charge in [-0.2, -0.15) is 0 Å². The Morgan fingerprint density at radius 1 is 0.788 bits per heavy atom. The van der Waals surface area contributed by atoms with Gasteiger partial charge in [-0.3, -0.25) is 4.79 Å². The van der Waals surface area contributed by atoms with E-state index in [1.165, 1.54) is 4.90 Å². The molecule has 0 amide bonds. The standard InChI is InChI=1S/C28H36O2SSi2/c1-7-28(22-23-14-10-8-11-15-23,30-33(5,6)32(2,3)4)27(29)24-18-20-26(21-19-24)31-25-16-12-9-13-17-25/h8-21H,7,22H2,1-6H3. The molecule has 0 heterocycles. The molecule has 3 rings (SSSR count). The number of Topliss-reactive ketones (excluding diaryl/α,β-unsaturated/α-hetero) is 1.